The largest absolute Gasteiger partial charge is 0.0876 e. The summed E-state index contributed by atoms with van der Waals surface area (Å²) in [7, 11) is 0. The molecule has 0 unspecified atom stereocenters. The van der Waals surface area contributed by atoms with Crippen molar-refractivity contribution in [2.24, 2.45) is 0 Å². The molecule has 0 nitrogen and oxygen atoms in total. The lowest BCUT2D eigenvalue weighted by molar-refractivity contribution is 0.530. The van der Waals surface area contributed by atoms with E-state index in [1.165, 1.54) is 218 Å². The first-order valence-electron chi connectivity index (χ1n) is 19.5. The molecule has 242 valence electrons. The molecule has 0 heteroatoms. The van der Waals surface area contributed by atoms with Gasteiger partial charge >= 0.3 is 0 Å². The molecule has 0 aliphatic rings. The van der Waals surface area contributed by atoms with Crippen LogP contribution in [-0.4, -0.2) is 0 Å². The molecule has 0 aliphatic carbocycles. The minimum atomic E-state index is 1.22. The molecule has 41 heavy (non-hydrogen) atoms. The number of unbranched alkanes of at least 4 members (excludes halogenated alkanes) is 32. The third-order valence-corrected chi connectivity index (χ3v) is 8.88. The van der Waals surface area contributed by atoms with Crippen LogP contribution in [-0.2, 0) is 0 Å². The smallest absolute Gasteiger partial charge is 0.0337 e. The first-order chi connectivity index (χ1) is 20.4. The fourth-order valence-corrected chi connectivity index (χ4v) is 5.98. The van der Waals surface area contributed by atoms with Crippen molar-refractivity contribution in [1.82, 2.24) is 0 Å². The van der Waals surface area contributed by atoms with Crippen molar-refractivity contribution < 1.29 is 0 Å². The van der Waals surface area contributed by atoms with E-state index in [2.05, 4.69) is 44.6 Å². The Morgan fingerprint density at radius 3 is 0.683 bits per heavy atom. The zero-order valence-electron chi connectivity index (χ0n) is 28.9. The molecule has 0 amide bonds. The third-order valence-electron chi connectivity index (χ3n) is 8.88. The van der Waals surface area contributed by atoms with Crippen LogP contribution < -0.4 is 0 Å². The first-order valence-corrected chi connectivity index (χ1v) is 19.5. The average molecular weight is 571 g/mol. The van der Waals surface area contributed by atoms with Crippen molar-refractivity contribution in [3.05, 3.63) is 30.7 Å². The molecule has 0 saturated heterocycles. The van der Waals surface area contributed by atoms with Crippen molar-refractivity contribution in [3.8, 4) is 0 Å². The Morgan fingerprint density at radius 1 is 0.268 bits per heavy atom. The van der Waals surface area contributed by atoms with Gasteiger partial charge in [-0.25, -0.2) is 0 Å². The van der Waals surface area contributed by atoms with Crippen LogP contribution in [0.4, 0.5) is 0 Å². The molecule has 2 radical (unpaired) electrons. The maximum atomic E-state index is 3.33. The molecular formula is C41H78. The summed E-state index contributed by atoms with van der Waals surface area (Å²) in [5.41, 5.74) is 0. The molecule has 0 aliphatic heterocycles. The zero-order chi connectivity index (χ0) is 29.6. The molecule has 0 atom stereocenters. The van der Waals surface area contributed by atoms with Crippen molar-refractivity contribution in [3.63, 3.8) is 0 Å². The van der Waals surface area contributed by atoms with Crippen LogP contribution in [0.15, 0.2) is 24.3 Å². The second-order valence-corrected chi connectivity index (χ2v) is 13.2. The van der Waals surface area contributed by atoms with Crippen LogP contribution in [0.3, 0.4) is 0 Å². The molecule has 0 saturated carbocycles. The van der Waals surface area contributed by atoms with Crippen molar-refractivity contribution in [1.29, 1.82) is 0 Å². The van der Waals surface area contributed by atoms with Crippen LogP contribution in [0.5, 0.6) is 0 Å². The van der Waals surface area contributed by atoms with Gasteiger partial charge in [-0.05, 0) is 25.7 Å². The molecule has 0 aromatic heterocycles. The van der Waals surface area contributed by atoms with E-state index in [0.29, 0.717) is 0 Å². The van der Waals surface area contributed by atoms with Gasteiger partial charge in [-0.3, -0.25) is 0 Å². The normalized spacial score (nSPS) is 12.0. The second kappa shape index (κ2) is 39.5. The second-order valence-electron chi connectivity index (χ2n) is 13.2. The van der Waals surface area contributed by atoms with Crippen LogP contribution in [0.1, 0.15) is 232 Å². The predicted octanol–water partition coefficient (Wildman–Crippen LogP) is 15.5. The van der Waals surface area contributed by atoms with E-state index >= 15 is 0 Å². The number of rotatable bonds is 36. The Morgan fingerprint density at radius 2 is 0.463 bits per heavy atom. The van der Waals surface area contributed by atoms with Gasteiger partial charge < -0.3 is 0 Å². The summed E-state index contributed by atoms with van der Waals surface area (Å²) in [6, 6.07) is 0. The summed E-state index contributed by atoms with van der Waals surface area (Å²) in [6.07, 6.45) is 60.9. The van der Waals surface area contributed by atoms with E-state index in [-0.39, 0.29) is 0 Å². The summed E-state index contributed by atoms with van der Waals surface area (Å²) in [5.74, 6) is 0. The van der Waals surface area contributed by atoms with E-state index in [4.69, 9.17) is 0 Å². The lowest BCUT2D eigenvalue weighted by Crippen LogP contribution is -1.83. The minimum Gasteiger partial charge on any atom is -0.0876 e. The van der Waals surface area contributed by atoms with E-state index in [1.807, 2.05) is 0 Å². The number of allylic oxidation sites excluding steroid dienone is 4. The van der Waals surface area contributed by atoms with Gasteiger partial charge in [-0.15, -0.1) is 0 Å². The van der Waals surface area contributed by atoms with Gasteiger partial charge in [0.25, 0.3) is 0 Å². The fourth-order valence-electron chi connectivity index (χ4n) is 5.98. The molecule has 0 aromatic rings. The van der Waals surface area contributed by atoms with Crippen molar-refractivity contribution in [2.45, 2.75) is 232 Å². The zero-order valence-corrected chi connectivity index (χ0v) is 28.9. The fraction of sp³-hybridized carbons (Fsp3) is 0.878. The summed E-state index contributed by atoms with van der Waals surface area (Å²) < 4.78 is 0. The highest BCUT2D eigenvalue weighted by Gasteiger charge is 1.96. The molecule has 0 rings (SSSR count). The Balaban J connectivity index is 3.14. The maximum absolute atomic E-state index is 3.33. The highest BCUT2D eigenvalue weighted by Crippen LogP contribution is 2.15. The van der Waals surface area contributed by atoms with E-state index in [9.17, 15) is 0 Å². The highest BCUT2D eigenvalue weighted by molar-refractivity contribution is 5.08. The number of hydrogen-bond acceptors (Lipinski definition) is 0. The monoisotopic (exact) mass is 571 g/mol. The topological polar surface area (TPSA) is 0 Å². The molecule has 0 aromatic carbocycles. The Bertz CT molecular complexity index is 442. The Labute approximate surface area is 262 Å². The van der Waals surface area contributed by atoms with E-state index in [1.54, 1.807) is 0 Å². The molecule has 0 heterocycles. The minimum absolute atomic E-state index is 1.22. The average Bonchev–Trinajstić information content (AvgIpc) is 2.98. The highest BCUT2D eigenvalue weighted by atomic mass is 14.0. The van der Waals surface area contributed by atoms with Crippen LogP contribution in [0, 0.1) is 6.42 Å². The number of hydrogen-bond donors (Lipinski definition) is 0. The van der Waals surface area contributed by atoms with Crippen molar-refractivity contribution >= 4 is 0 Å². The van der Waals surface area contributed by atoms with Crippen LogP contribution in [0.2, 0.25) is 0 Å². The predicted molar refractivity (Wildman–Crippen MR) is 190 cm³/mol. The molecular weight excluding hydrogens is 492 g/mol. The molecule has 0 bridgehead atoms. The molecule has 0 spiro atoms. The maximum Gasteiger partial charge on any atom is 0.0337 e. The van der Waals surface area contributed by atoms with Gasteiger partial charge in [-0.2, -0.15) is 0 Å². The molecule has 0 fully saturated rings. The van der Waals surface area contributed by atoms with Crippen molar-refractivity contribution in [2.75, 3.05) is 0 Å². The molecule has 0 N–H and O–H groups in total. The third kappa shape index (κ3) is 39.5. The Kier molecular flexibility index (Phi) is 39.0. The van der Waals surface area contributed by atoms with E-state index in [0.717, 1.165) is 0 Å². The van der Waals surface area contributed by atoms with Gasteiger partial charge in [0.15, 0.2) is 0 Å². The summed E-state index contributed by atoms with van der Waals surface area (Å²) in [6.45, 7) is 4.61. The lowest BCUT2D eigenvalue weighted by Gasteiger charge is -2.03. The van der Waals surface area contributed by atoms with Gasteiger partial charge in [0.05, 0.1) is 0 Å². The quantitative estimate of drug-likeness (QED) is 0.0657. The standard InChI is InChI=1S/C41H78/c1-3-5-7-9-11-13-15-17-19-21-23-25-27-29-31-33-35-37-39-41-40-38-36-34-32-30-28-26-24-22-20-18-16-14-12-10-8-6-4-2/h37-40H,3-36H2,1-2H3. The lowest BCUT2D eigenvalue weighted by atomic mass is 10.0. The summed E-state index contributed by atoms with van der Waals surface area (Å²) >= 11 is 0. The SMILES string of the molecule is CCCCCCCCCCCCCCCCCCC=C[C]C=CCCCCCCCCCCCCCCCCCC. The van der Waals surface area contributed by atoms with Crippen LogP contribution >= 0.6 is 0 Å². The summed E-state index contributed by atoms with van der Waals surface area (Å²) in [4.78, 5) is 0. The van der Waals surface area contributed by atoms with Gasteiger partial charge in [0, 0.05) is 6.42 Å². The van der Waals surface area contributed by atoms with Gasteiger partial charge in [-0.1, -0.05) is 231 Å². The van der Waals surface area contributed by atoms with Crippen LogP contribution in [0.25, 0.3) is 0 Å². The Hall–Kier alpha value is -0.520. The van der Waals surface area contributed by atoms with Gasteiger partial charge in [0.2, 0.25) is 0 Å². The van der Waals surface area contributed by atoms with E-state index < -0.39 is 0 Å². The van der Waals surface area contributed by atoms with Gasteiger partial charge in [0.1, 0.15) is 0 Å². The first kappa shape index (κ1) is 40.5. The summed E-state index contributed by atoms with van der Waals surface area (Å²) in [5, 5.41) is 0.